The Labute approximate surface area is 141 Å². The maximum atomic E-state index is 12.4. The Bertz CT molecular complexity index is 480. The fourth-order valence-corrected chi connectivity index (χ4v) is 3.49. The average molecular weight is 374 g/mol. The van der Waals surface area contributed by atoms with Gasteiger partial charge in [0, 0.05) is 36.1 Å². The molecule has 0 aromatic heterocycles. The third-order valence-electron chi connectivity index (χ3n) is 4.42. The second-order valence-electron chi connectivity index (χ2n) is 5.89. The smallest absolute Gasteiger partial charge is 0.222 e. The molecule has 2 saturated heterocycles. The molecule has 1 aromatic rings. The first kappa shape index (κ1) is 16.8. The third kappa shape index (κ3) is 4.44. The number of rotatable bonds is 3. The summed E-state index contributed by atoms with van der Waals surface area (Å²) in [6, 6.07) is 9.42. The highest BCUT2D eigenvalue weighted by Gasteiger charge is 2.30. The molecule has 0 aliphatic carbocycles. The number of carbonyl (C=O) groups excluding carboxylic acids is 1. The molecule has 3 rings (SSSR count). The van der Waals surface area contributed by atoms with Gasteiger partial charge in [0.2, 0.25) is 5.91 Å². The fraction of sp³-hybridized carbons (Fsp3) is 0.562. The van der Waals surface area contributed by atoms with Gasteiger partial charge < -0.3 is 10.2 Å². The lowest BCUT2D eigenvalue weighted by molar-refractivity contribution is -0.131. The summed E-state index contributed by atoms with van der Waals surface area (Å²) < 4.78 is 1.09. The van der Waals surface area contributed by atoms with Crippen molar-refractivity contribution in [2.24, 2.45) is 0 Å². The van der Waals surface area contributed by atoms with E-state index in [0.717, 1.165) is 30.4 Å². The number of benzene rings is 1. The number of likely N-dealkylation sites (tertiary alicyclic amines) is 1. The van der Waals surface area contributed by atoms with Crippen LogP contribution < -0.4 is 5.32 Å². The van der Waals surface area contributed by atoms with Crippen LogP contribution in [0.1, 0.15) is 31.2 Å². The minimum absolute atomic E-state index is 0. The molecule has 5 heteroatoms. The average Bonchev–Trinajstić information content (AvgIpc) is 2.77. The normalized spacial score (nSPS) is 24.3. The second-order valence-corrected chi connectivity index (χ2v) is 6.81. The minimum Gasteiger partial charge on any atom is -0.341 e. The van der Waals surface area contributed by atoms with Gasteiger partial charge in [-0.3, -0.25) is 4.79 Å². The molecule has 2 unspecified atom stereocenters. The second kappa shape index (κ2) is 7.61. The third-order valence-corrected chi connectivity index (χ3v) is 4.95. The molecule has 2 fully saturated rings. The highest BCUT2D eigenvalue weighted by atomic mass is 79.9. The van der Waals surface area contributed by atoms with Gasteiger partial charge in [-0.15, -0.1) is 12.4 Å². The standard InChI is InChI=1S/C16H21BrN2O.ClH/c17-13-4-1-12(2-5-13)3-8-16(20)19-10-9-14-6-7-15(11-19)18-14;/h1-2,4-5,14-15,18H,3,6-11H2;1H. The zero-order chi connectivity index (χ0) is 13.9. The van der Waals surface area contributed by atoms with Crippen molar-refractivity contribution in [2.45, 2.75) is 44.2 Å². The van der Waals surface area contributed by atoms with Crippen LogP contribution in [0.25, 0.3) is 0 Å². The van der Waals surface area contributed by atoms with Gasteiger partial charge in [0.25, 0.3) is 0 Å². The molecule has 1 N–H and O–H groups in total. The summed E-state index contributed by atoms with van der Waals surface area (Å²) in [4.78, 5) is 14.4. The van der Waals surface area contributed by atoms with E-state index in [1.165, 1.54) is 18.4 Å². The SMILES string of the molecule is Cl.O=C(CCc1ccc(Br)cc1)N1CCC2CCC(C1)N2. The Morgan fingerprint density at radius 3 is 2.67 bits per heavy atom. The molecule has 21 heavy (non-hydrogen) atoms. The molecule has 3 nitrogen and oxygen atoms in total. The lowest BCUT2D eigenvalue weighted by Crippen LogP contribution is -2.39. The van der Waals surface area contributed by atoms with E-state index in [4.69, 9.17) is 0 Å². The van der Waals surface area contributed by atoms with Crippen molar-refractivity contribution in [2.75, 3.05) is 13.1 Å². The van der Waals surface area contributed by atoms with Gasteiger partial charge in [0.1, 0.15) is 0 Å². The van der Waals surface area contributed by atoms with E-state index in [2.05, 4.69) is 38.3 Å². The van der Waals surface area contributed by atoms with Crippen molar-refractivity contribution < 1.29 is 4.79 Å². The van der Waals surface area contributed by atoms with Crippen molar-refractivity contribution >= 4 is 34.2 Å². The van der Waals surface area contributed by atoms with E-state index in [0.29, 0.717) is 24.4 Å². The first-order chi connectivity index (χ1) is 9.70. The largest absolute Gasteiger partial charge is 0.341 e. The Hall–Kier alpha value is -0.580. The molecule has 0 spiro atoms. The molecule has 1 aromatic carbocycles. The molecular formula is C16H22BrClN2O. The van der Waals surface area contributed by atoms with E-state index in [1.807, 2.05) is 12.1 Å². The molecule has 0 saturated carbocycles. The minimum atomic E-state index is 0. The number of carbonyl (C=O) groups is 1. The number of hydrogen-bond acceptors (Lipinski definition) is 2. The highest BCUT2D eigenvalue weighted by molar-refractivity contribution is 9.10. The highest BCUT2D eigenvalue weighted by Crippen LogP contribution is 2.21. The molecule has 2 atom stereocenters. The summed E-state index contributed by atoms with van der Waals surface area (Å²) >= 11 is 3.43. The lowest BCUT2D eigenvalue weighted by atomic mass is 10.1. The molecule has 1 amide bonds. The Morgan fingerprint density at radius 2 is 1.90 bits per heavy atom. The summed E-state index contributed by atoms with van der Waals surface area (Å²) in [5.74, 6) is 0.308. The lowest BCUT2D eigenvalue weighted by Gasteiger charge is -2.24. The summed E-state index contributed by atoms with van der Waals surface area (Å²) in [7, 11) is 0. The van der Waals surface area contributed by atoms with Crippen LogP contribution in [0.2, 0.25) is 0 Å². The van der Waals surface area contributed by atoms with Crippen LogP contribution in [0.4, 0.5) is 0 Å². The van der Waals surface area contributed by atoms with E-state index in [-0.39, 0.29) is 12.4 Å². The molecule has 2 aliphatic rings. The van der Waals surface area contributed by atoms with Gasteiger partial charge in [-0.1, -0.05) is 28.1 Å². The first-order valence-electron chi connectivity index (χ1n) is 7.49. The number of nitrogens with one attached hydrogen (secondary N) is 1. The van der Waals surface area contributed by atoms with Gasteiger partial charge in [-0.05, 0) is 43.4 Å². The number of halogens is 2. The van der Waals surface area contributed by atoms with Crippen LogP contribution in [0, 0.1) is 0 Å². The predicted octanol–water partition coefficient (Wildman–Crippen LogP) is 3.16. The van der Waals surface area contributed by atoms with Gasteiger partial charge in [-0.2, -0.15) is 0 Å². The summed E-state index contributed by atoms with van der Waals surface area (Å²) in [5.41, 5.74) is 1.23. The van der Waals surface area contributed by atoms with E-state index < -0.39 is 0 Å². The molecule has 2 bridgehead atoms. The Morgan fingerprint density at radius 1 is 1.19 bits per heavy atom. The van der Waals surface area contributed by atoms with Gasteiger partial charge >= 0.3 is 0 Å². The zero-order valence-corrected chi connectivity index (χ0v) is 14.5. The number of hydrogen-bond donors (Lipinski definition) is 1. The van der Waals surface area contributed by atoms with Gasteiger partial charge in [-0.25, -0.2) is 0 Å². The predicted molar refractivity (Wildman–Crippen MR) is 90.9 cm³/mol. The van der Waals surface area contributed by atoms with Crippen LogP contribution in [0.15, 0.2) is 28.7 Å². The number of amides is 1. The fourth-order valence-electron chi connectivity index (χ4n) is 3.23. The number of aryl methyl sites for hydroxylation is 1. The number of fused-ring (bicyclic) bond motifs is 2. The van der Waals surface area contributed by atoms with E-state index in [9.17, 15) is 4.79 Å². The Balaban J connectivity index is 0.00000161. The van der Waals surface area contributed by atoms with Crippen LogP contribution in [0.5, 0.6) is 0 Å². The summed E-state index contributed by atoms with van der Waals surface area (Å²) in [6.07, 6.45) is 5.08. The zero-order valence-electron chi connectivity index (χ0n) is 12.1. The van der Waals surface area contributed by atoms with Crippen molar-refractivity contribution in [3.05, 3.63) is 34.3 Å². The molecule has 2 aliphatic heterocycles. The van der Waals surface area contributed by atoms with Crippen molar-refractivity contribution in [1.82, 2.24) is 10.2 Å². The van der Waals surface area contributed by atoms with Gasteiger partial charge in [0.05, 0.1) is 0 Å². The number of nitrogens with zero attached hydrogens (tertiary/aromatic N) is 1. The topological polar surface area (TPSA) is 32.3 Å². The molecule has 2 heterocycles. The molecular weight excluding hydrogens is 352 g/mol. The van der Waals surface area contributed by atoms with Crippen molar-refractivity contribution in [3.8, 4) is 0 Å². The molecule has 0 radical (unpaired) electrons. The quantitative estimate of drug-likeness (QED) is 0.882. The van der Waals surface area contributed by atoms with Crippen LogP contribution in [0.3, 0.4) is 0 Å². The summed E-state index contributed by atoms with van der Waals surface area (Å²) in [6.45, 7) is 1.82. The van der Waals surface area contributed by atoms with Crippen molar-refractivity contribution in [1.29, 1.82) is 0 Å². The maximum Gasteiger partial charge on any atom is 0.222 e. The van der Waals surface area contributed by atoms with Crippen LogP contribution in [-0.2, 0) is 11.2 Å². The Kier molecular flexibility index (Phi) is 6.08. The summed E-state index contributed by atoms with van der Waals surface area (Å²) in [5, 5.41) is 3.62. The first-order valence-corrected chi connectivity index (χ1v) is 8.28. The molecule has 116 valence electrons. The monoisotopic (exact) mass is 372 g/mol. The van der Waals surface area contributed by atoms with Gasteiger partial charge in [0.15, 0.2) is 0 Å². The van der Waals surface area contributed by atoms with Crippen LogP contribution >= 0.6 is 28.3 Å². The van der Waals surface area contributed by atoms with E-state index >= 15 is 0 Å². The van der Waals surface area contributed by atoms with Crippen molar-refractivity contribution in [3.63, 3.8) is 0 Å². The van der Waals surface area contributed by atoms with E-state index in [1.54, 1.807) is 0 Å². The maximum absolute atomic E-state index is 12.4. The van der Waals surface area contributed by atoms with Crippen LogP contribution in [-0.4, -0.2) is 36.0 Å².